The van der Waals surface area contributed by atoms with Crippen LogP contribution in [0.25, 0.3) is 0 Å². The quantitative estimate of drug-likeness (QED) is 0.199. The van der Waals surface area contributed by atoms with Crippen LogP contribution in [0.3, 0.4) is 0 Å². The molecule has 1 heterocycles. The maximum atomic E-state index is 8.58. The first-order valence-corrected chi connectivity index (χ1v) is 8.96. The standard InChI is InChI=1S/C12H14N4O2S3/c1-19-11-14-15-12(21-11)20-7-6-18-9-4-2-8(3-5-9)10(13)16-17/h2-5,17H,6-7H2,1H3,(H2,13,16). The van der Waals surface area contributed by atoms with Gasteiger partial charge >= 0.3 is 0 Å². The molecule has 0 spiro atoms. The zero-order chi connectivity index (χ0) is 15.1. The van der Waals surface area contributed by atoms with Gasteiger partial charge in [0, 0.05) is 11.3 Å². The lowest BCUT2D eigenvalue weighted by Gasteiger charge is -2.05. The number of nitrogens with zero attached hydrogens (tertiary/aromatic N) is 3. The molecule has 0 radical (unpaired) electrons. The van der Waals surface area contributed by atoms with Crippen LogP contribution in [-0.4, -0.2) is 39.9 Å². The van der Waals surface area contributed by atoms with E-state index in [0.29, 0.717) is 12.2 Å². The predicted octanol–water partition coefficient (Wildman–Crippen LogP) is 2.53. The van der Waals surface area contributed by atoms with E-state index >= 15 is 0 Å². The predicted molar refractivity (Wildman–Crippen MR) is 86.9 cm³/mol. The molecule has 2 rings (SSSR count). The molecule has 2 aromatic rings. The molecular formula is C12H14N4O2S3. The first-order chi connectivity index (χ1) is 10.2. The molecule has 0 unspecified atom stereocenters. The molecule has 0 atom stereocenters. The van der Waals surface area contributed by atoms with Crippen LogP contribution in [0.1, 0.15) is 5.56 Å². The average Bonchev–Trinajstić information content (AvgIpc) is 2.99. The van der Waals surface area contributed by atoms with E-state index in [1.807, 2.05) is 6.26 Å². The number of rotatable bonds is 7. The van der Waals surface area contributed by atoms with Crippen molar-refractivity contribution in [2.24, 2.45) is 10.9 Å². The largest absolute Gasteiger partial charge is 0.493 e. The molecular weight excluding hydrogens is 328 g/mol. The minimum atomic E-state index is 0.0815. The second-order valence-corrected chi connectivity index (χ2v) is 7.12. The number of thioether (sulfide) groups is 2. The lowest BCUT2D eigenvalue weighted by Crippen LogP contribution is -2.12. The van der Waals surface area contributed by atoms with E-state index in [4.69, 9.17) is 15.7 Å². The summed E-state index contributed by atoms with van der Waals surface area (Å²) in [5, 5.41) is 19.6. The zero-order valence-corrected chi connectivity index (χ0v) is 13.7. The normalized spacial score (nSPS) is 11.6. The highest BCUT2D eigenvalue weighted by molar-refractivity contribution is 8.02. The van der Waals surface area contributed by atoms with Crippen molar-refractivity contribution in [1.82, 2.24) is 10.2 Å². The molecule has 0 saturated carbocycles. The van der Waals surface area contributed by atoms with Crippen LogP contribution in [0.4, 0.5) is 0 Å². The number of amidine groups is 1. The highest BCUT2D eigenvalue weighted by atomic mass is 32.2. The van der Waals surface area contributed by atoms with Crippen molar-refractivity contribution in [3.63, 3.8) is 0 Å². The Morgan fingerprint density at radius 1 is 1.33 bits per heavy atom. The van der Waals surface area contributed by atoms with Gasteiger partial charge in [0.15, 0.2) is 14.5 Å². The summed E-state index contributed by atoms with van der Waals surface area (Å²) in [6, 6.07) is 7.06. The van der Waals surface area contributed by atoms with Crippen LogP contribution in [0.2, 0.25) is 0 Å². The molecule has 21 heavy (non-hydrogen) atoms. The molecule has 9 heteroatoms. The number of hydrogen-bond donors (Lipinski definition) is 2. The fraction of sp³-hybridized carbons (Fsp3) is 0.250. The first-order valence-electron chi connectivity index (χ1n) is 5.94. The minimum Gasteiger partial charge on any atom is -0.493 e. The topological polar surface area (TPSA) is 93.6 Å². The Morgan fingerprint density at radius 2 is 2.05 bits per heavy atom. The van der Waals surface area contributed by atoms with Crippen LogP contribution >= 0.6 is 34.9 Å². The Hall–Kier alpha value is -1.45. The minimum absolute atomic E-state index is 0.0815. The summed E-state index contributed by atoms with van der Waals surface area (Å²) in [5.41, 5.74) is 6.14. The molecule has 6 nitrogen and oxygen atoms in total. The van der Waals surface area contributed by atoms with Gasteiger partial charge in [0.1, 0.15) is 5.75 Å². The molecule has 112 valence electrons. The van der Waals surface area contributed by atoms with Gasteiger partial charge in [-0.1, -0.05) is 40.0 Å². The Morgan fingerprint density at radius 3 is 2.67 bits per heavy atom. The lowest BCUT2D eigenvalue weighted by atomic mass is 10.2. The molecule has 0 saturated heterocycles. The maximum absolute atomic E-state index is 8.58. The van der Waals surface area contributed by atoms with Crippen molar-refractivity contribution < 1.29 is 9.94 Å². The molecule has 0 aliphatic heterocycles. The number of hydrogen-bond acceptors (Lipinski definition) is 8. The summed E-state index contributed by atoms with van der Waals surface area (Å²) in [6.07, 6.45) is 1.98. The summed E-state index contributed by atoms with van der Waals surface area (Å²) >= 11 is 4.80. The van der Waals surface area contributed by atoms with E-state index in [9.17, 15) is 0 Å². The van der Waals surface area contributed by atoms with Crippen LogP contribution < -0.4 is 10.5 Å². The van der Waals surface area contributed by atoms with Gasteiger partial charge in [-0.25, -0.2) is 0 Å². The molecule has 3 N–H and O–H groups in total. The molecule has 0 aliphatic carbocycles. The number of nitrogens with two attached hydrogens (primary N) is 1. The maximum Gasteiger partial charge on any atom is 0.175 e. The molecule has 0 aliphatic rings. The number of benzene rings is 1. The molecule has 1 aromatic heterocycles. The molecule has 0 fully saturated rings. The molecule has 1 aromatic carbocycles. The Kier molecular flexibility index (Phi) is 6.15. The molecule has 0 bridgehead atoms. The third kappa shape index (κ3) is 4.80. The number of aromatic nitrogens is 2. The van der Waals surface area contributed by atoms with E-state index in [0.717, 1.165) is 20.2 Å². The monoisotopic (exact) mass is 342 g/mol. The van der Waals surface area contributed by atoms with E-state index in [1.54, 1.807) is 59.1 Å². The zero-order valence-electron chi connectivity index (χ0n) is 11.2. The molecule has 0 amide bonds. The van der Waals surface area contributed by atoms with Crippen LogP contribution in [-0.2, 0) is 0 Å². The first kappa shape index (κ1) is 15.9. The van der Waals surface area contributed by atoms with Gasteiger partial charge < -0.3 is 15.7 Å². The summed E-state index contributed by atoms with van der Waals surface area (Å²) in [6.45, 7) is 0.571. The van der Waals surface area contributed by atoms with Crippen molar-refractivity contribution >= 4 is 40.7 Å². The Bertz CT molecular complexity index is 601. The summed E-state index contributed by atoms with van der Waals surface area (Å²) in [4.78, 5) is 0. The number of oxime groups is 1. The van der Waals surface area contributed by atoms with E-state index in [-0.39, 0.29) is 5.84 Å². The van der Waals surface area contributed by atoms with Crippen LogP contribution in [0.5, 0.6) is 5.75 Å². The van der Waals surface area contributed by atoms with Crippen LogP contribution in [0.15, 0.2) is 38.1 Å². The van der Waals surface area contributed by atoms with Gasteiger partial charge in [0.2, 0.25) is 0 Å². The van der Waals surface area contributed by atoms with Gasteiger partial charge in [-0.2, -0.15) is 0 Å². The van der Waals surface area contributed by atoms with E-state index in [2.05, 4.69) is 15.4 Å². The van der Waals surface area contributed by atoms with E-state index in [1.165, 1.54) is 0 Å². The van der Waals surface area contributed by atoms with Gasteiger partial charge in [0.05, 0.1) is 6.61 Å². The lowest BCUT2D eigenvalue weighted by molar-refractivity contribution is 0.318. The third-order valence-corrected chi connectivity index (χ3v) is 5.39. The highest BCUT2D eigenvalue weighted by Gasteiger charge is 2.04. The van der Waals surface area contributed by atoms with Gasteiger partial charge in [-0.15, -0.1) is 10.2 Å². The Balaban J connectivity index is 1.75. The SMILES string of the molecule is CSc1nnc(SCCOc2ccc(/C(N)=N/O)cc2)s1. The second-order valence-electron chi connectivity index (χ2n) is 3.74. The Labute approximate surface area is 134 Å². The fourth-order valence-electron chi connectivity index (χ4n) is 1.41. The summed E-state index contributed by atoms with van der Waals surface area (Å²) in [7, 11) is 0. The van der Waals surface area contributed by atoms with Gasteiger partial charge in [-0.3, -0.25) is 0 Å². The van der Waals surface area contributed by atoms with Crippen molar-refractivity contribution in [3.05, 3.63) is 29.8 Å². The van der Waals surface area contributed by atoms with Crippen molar-refractivity contribution in [3.8, 4) is 5.75 Å². The second kappa shape index (κ2) is 8.11. The van der Waals surface area contributed by atoms with E-state index < -0.39 is 0 Å². The van der Waals surface area contributed by atoms with Crippen molar-refractivity contribution in [2.45, 2.75) is 8.68 Å². The van der Waals surface area contributed by atoms with Crippen molar-refractivity contribution in [1.29, 1.82) is 0 Å². The van der Waals surface area contributed by atoms with Gasteiger partial charge in [-0.05, 0) is 30.5 Å². The highest BCUT2D eigenvalue weighted by Crippen LogP contribution is 2.27. The number of ether oxygens (including phenoxy) is 1. The summed E-state index contributed by atoms with van der Waals surface area (Å²) in [5.74, 6) is 1.62. The van der Waals surface area contributed by atoms with Crippen LogP contribution in [0, 0.1) is 0 Å². The fourth-order valence-corrected chi connectivity index (χ4v) is 3.73. The average molecular weight is 342 g/mol. The third-order valence-electron chi connectivity index (χ3n) is 2.40. The van der Waals surface area contributed by atoms with Gasteiger partial charge in [0.25, 0.3) is 0 Å². The summed E-state index contributed by atoms with van der Waals surface area (Å²) < 4.78 is 7.54. The smallest absolute Gasteiger partial charge is 0.175 e. The van der Waals surface area contributed by atoms with Crippen molar-refractivity contribution in [2.75, 3.05) is 18.6 Å².